The fourth-order valence-electron chi connectivity index (χ4n) is 3.28. The molecule has 1 saturated carbocycles. The zero-order valence-electron chi connectivity index (χ0n) is 16.6. The topological polar surface area (TPSA) is 55.8 Å². The van der Waals surface area contributed by atoms with E-state index < -0.39 is 29.3 Å². The van der Waals surface area contributed by atoms with Crippen LogP contribution < -0.4 is 9.47 Å². The summed E-state index contributed by atoms with van der Waals surface area (Å²) in [5, 5.41) is 8.91. The largest absolute Gasteiger partial charge is 0.490 e. The van der Waals surface area contributed by atoms with Crippen molar-refractivity contribution >= 4 is 5.97 Å². The summed E-state index contributed by atoms with van der Waals surface area (Å²) < 4.78 is 53.6. The van der Waals surface area contributed by atoms with Crippen LogP contribution in [0.3, 0.4) is 0 Å². The standard InChI is InChI=1S/C24H19F3O4/c1-13-2-4-17(11-21(13)26)31-16-5-6-20(25)18(10-16)14-3-7-23(22(27)9-14)30-12-15-8-19(15)24(28)29/h2-7,9-11,15,19H,8,12H2,1H3,(H,28,29)/t15-,19+/m0/s1. The molecule has 4 nitrogen and oxygen atoms in total. The second kappa shape index (κ2) is 8.34. The van der Waals surface area contributed by atoms with Gasteiger partial charge in [0, 0.05) is 17.5 Å². The van der Waals surface area contributed by atoms with E-state index in [-0.39, 0.29) is 40.9 Å². The summed E-state index contributed by atoms with van der Waals surface area (Å²) in [4.78, 5) is 10.9. The maximum Gasteiger partial charge on any atom is 0.306 e. The van der Waals surface area contributed by atoms with Crippen molar-refractivity contribution in [3.8, 4) is 28.4 Å². The molecule has 1 aliphatic rings. The Hall–Kier alpha value is -3.48. The maximum absolute atomic E-state index is 14.5. The number of carboxylic acid groups (broad SMARTS) is 1. The molecule has 0 saturated heterocycles. The van der Waals surface area contributed by atoms with Gasteiger partial charge in [0.1, 0.15) is 23.1 Å². The number of ether oxygens (including phenoxy) is 2. The van der Waals surface area contributed by atoms with Gasteiger partial charge in [0.05, 0.1) is 12.5 Å². The summed E-state index contributed by atoms with van der Waals surface area (Å²) in [6, 6.07) is 12.4. The van der Waals surface area contributed by atoms with Crippen LogP contribution in [0.1, 0.15) is 12.0 Å². The Labute approximate surface area is 176 Å². The molecule has 0 spiro atoms. The smallest absolute Gasteiger partial charge is 0.306 e. The minimum atomic E-state index is -0.879. The molecule has 0 aromatic heterocycles. The molecule has 1 fully saturated rings. The second-order valence-electron chi connectivity index (χ2n) is 7.55. The number of carboxylic acids is 1. The van der Waals surface area contributed by atoms with Crippen molar-refractivity contribution in [2.45, 2.75) is 13.3 Å². The van der Waals surface area contributed by atoms with E-state index in [4.69, 9.17) is 14.6 Å². The molecule has 160 valence electrons. The molecular formula is C24H19F3O4. The van der Waals surface area contributed by atoms with Crippen LogP contribution in [0.5, 0.6) is 17.2 Å². The number of carbonyl (C=O) groups is 1. The van der Waals surface area contributed by atoms with E-state index in [2.05, 4.69) is 0 Å². The fraction of sp³-hybridized carbons (Fsp3) is 0.208. The number of hydrogen-bond donors (Lipinski definition) is 1. The van der Waals surface area contributed by atoms with Crippen molar-refractivity contribution in [2.24, 2.45) is 11.8 Å². The minimum absolute atomic E-state index is 0.0252. The van der Waals surface area contributed by atoms with E-state index >= 15 is 0 Å². The molecule has 0 amide bonds. The fourth-order valence-corrected chi connectivity index (χ4v) is 3.28. The number of aryl methyl sites for hydroxylation is 1. The summed E-state index contributed by atoms with van der Waals surface area (Å²) in [5.74, 6) is -2.62. The SMILES string of the molecule is Cc1ccc(Oc2ccc(F)c(-c3ccc(OC[C@@H]4C[C@H]4C(=O)O)c(F)c3)c2)cc1F. The highest BCUT2D eigenvalue weighted by Crippen LogP contribution is 2.39. The van der Waals surface area contributed by atoms with Gasteiger partial charge in [0.15, 0.2) is 11.6 Å². The third-order valence-electron chi connectivity index (χ3n) is 5.25. The van der Waals surface area contributed by atoms with Crippen LogP contribution >= 0.6 is 0 Å². The molecule has 3 aromatic carbocycles. The van der Waals surface area contributed by atoms with Crippen molar-refractivity contribution in [3.05, 3.63) is 77.6 Å². The van der Waals surface area contributed by atoms with Gasteiger partial charge in [-0.15, -0.1) is 0 Å². The third-order valence-corrected chi connectivity index (χ3v) is 5.25. The van der Waals surface area contributed by atoms with Crippen LogP contribution in [0.4, 0.5) is 13.2 Å². The Kier molecular flexibility index (Phi) is 5.59. The van der Waals surface area contributed by atoms with Crippen LogP contribution in [0.15, 0.2) is 54.6 Å². The van der Waals surface area contributed by atoms with Gasteiger partial charge in [-0.05, 0) is 60.9 Å². The van der Waals surface area contributed by atoms with Gasteiger partial charge < -0.3 is 14.6 Å². The van der Waals surface area contributed by atoms with Crippen molar-refractivity contribution in [2.75, 3.05) is 6.61 Å². The lowest BCUT2D eigenvalue weighted by molar-refractivity contribution is -0.138. The Morgan fingerprint density at radius 3 is 2.39 bits per heavy atom. The molecule has 31 heavy (non-hydrogen) atoms. The Bertz CT molecular complexity index is 1150. The van der Waals surface area contributed by atoms with Gasteiger partial charge >= 0.3 is 5.97 Å². The van der Waals surface area contributed by atoms with Crippen molar-refractivity contribution in [1.82, 2.24) is 0 Å². The average molecular weight is 428 g/mol. The predicted octanol–water partition coefficient (Wildman–Crippen LogP) is 5.97. The summed E-state index contributed by atoms with van der Waals surface area (Å²) in [6.45, 7) is 1.74. The summed E-state index contributed by atoms with van der Waals surface area (Å²) in [5.41, 5.74) is 0.867. The molecule has 1 N–H and O–H groups in total. The van der Waals surface area contributed by atoms with E-state index in [1.54, 1.807) is 19.1 Å². The normalized spacial score (nSPS) is 17.3. The number of benzene rings is 3. The summed E-state index contributed by atoms with van der Waals surface area (Å²) >= 11 is 0. The molecule has 0 unspecified atom stereocenters. The summed E-state index contributed by atoms with van der Waals surface area (Å²) in [7, 11) is 0. The van der Waals surface area contributed by atoms with Gasteiger partial charge in [0.2, 0.25) is 0 Å². The number of halogens is 3. The van der Waals surface area contributed by atoms with Crippen molar-refractivity contribution in [3.63, 3.8) is 0 Å². The number of hydrogen-bond acceptors (Lipinski definition) is 3. The second-order valence-corrected chi connectivity index (χ2v) is 7.55. The minimum Gasteiger partial charge on any atom is -0.490 e. The van der Waals surface area contributed by atoms with Gasteiger partial charge in [-0.2, -0.15) is 0 Å². The van der Waals surface area contributed by atoms with Crippen LogP contribution in [0.2, 0.25) is 0 Å². The molecule has 0 aliphatic heterocycles. The highest BCUT2D eigenvalue weighted by molar-refractivity contribution is 5.73. The monoisotopic (exact) mass is 428 g/mol. The lowest BCUT2D eigenvalue weighted by atomic mass is 10.0. The van der Waals surface area contributed by atoms with E-state index in [1.165, 1.54) is 36.4 Å². The quantitative estimate of drug-likeness (QED) is 0.504. The Balaban J connectivity index is 1.50. The summed E-state index contributed by atoms with van der Waals surface area (Å²) in [6.07, 6.45) is 0.512. The maximum atomic E-state index is 14.5. The first kappa shape index (κ1) is 20.8. The molecule has 7 heteroatoms. The first-order valence-corrected chi connectivity index (χ1v) is 9.71. The molecule has 0 radical (unpaired) electrons. The zero-order valence-corrected chi connectivity index (χ0v) is 16.6. The number of rotatable bonds is 7. The molecule has 3 aromatic rings. The van der Waals surface area contributed by atoms with Crippen LogP contribution in [0.25, 0.3) is 11.1 Å². The molecular weight excluding hydrogens is 409 g/mol. The molecule has 0 heterocycles. The van der Waals surface area contributed by atoms with Crippen molar-refractivity contribution in [1.29, 1.82) is 0 Å². The van der Waals surface area contributed by atoms with E-state index in [1.807, 2.05) is 0 Å². The lowest BCUT2D eigenvalue weighted by Gasteiger charge is -2.11. The molecule has 0 bridgehead atoms. The van der Waals surface area contributed by atoms with Crippen LogP contribution in [0, 0.1) is 36.2 Å². The van der Waals surface area contributed by atoms with Crippen LogP contribution in [-0.4, -0.2) is 17.7 Å². The predicted molar refractivity (Wildman–Crippen MR) is 108 cm³/mol. The van der Waals surface area contributed by atoms with E-state index in [0.29, 0.717) is 12.0 Å². The lowest BCUT2D eigenvalue weighted by Crippen LogP contribution is -2.07. The average Bonchev–Trinajstić information content (AvgIpc) is 3.51. The third kappa shape index (κ3) is 4.66. The highest BCUT2D eigenvalue weighted by Gasteiger charge is 2.43. The first-order valence-electron chi connectivity index (χ1n) is 9.71. The zero-order chi connectivity index (χ0) is 22.1. The van der Waals surface area contributed by atoms with E-state index in [0.717, 1.165) is 6.07 Å². The Morgan fingerprint density at radius 2 is 1.71 bits per heavy atom. The Morgan fingerprint density at radius 1 is 0.968 bits per heavy atom. The molecule has 2 atom stereocenters. The highest BCUT2D eigenvalue weighted by atomic mass is 19.1. The molecule has 4 rings (SSSR count). The van der Waals surface area contributed by atoms with Crippen molar-refractivity contribution < 1.29 is 32.5 Å². The van der Waals surface area contributed by atoms with Gasteiger partial charge in [-0.1, -0.05) is 12.1 Å². The first-order chi connectivity index (χ1) is 14.8. The van der Waals surface area contributed by atoms with Gasteiger partial charge in [-0.25, -0.2) is 13.2 Å². The van der Waals surface area contributed by atoms with E-state index in [9.17, 15) is 18.0 Å². The number of aliphatic carboxylic acids is 1. The molecule has 1 aliphatic carbocycles. The van der Waals surface area contributed by atoms with Gasteiger partial charge in [0.25, 0.3) is 0 Å². The van der Waals surface area contributed by atoms with Crippen LogP contribution in [-0.2, 0) is 4.79 Å². The van der Waals surface area contributed by atoms with Gasteiger partial charge in [-0.3, -0.25) is 4.79 Å².